The van der Waals surface area contributed by atoms with Gasteiger partial charge in [0.25, 0.3) is 0 Å². The van der Waals surface area contributed by atoms with Crippen molar-refractivity contribution in [3.63, 3.8) is 0 Å². The van der Waals surface area contributed by atoms with Crippen LogP contribution in [0.5, 0.6) is 0 Å². The molecule has 2 heterocycles. The van der Waals surface area contributed by atoms with Crippen LogP contribution >= 0.6 is 0 Å². The molecule has 3 rings (SSSR count). The van der Waals surface area contributed by atoms with Crippen LogP contribution in [0.4, 0.5) is 17.3 Å². The summed E-state index contributed by atoms with van der Waals surface area (Å²) in [6.45, 7) is 4.07. The van der Waals surface area contributed by atoms with Crippen LogP contribution in [0, 0.1) is 0 Å². The summed E-state index contributed by atoms with van der Waals surface area (Å²) in [5.41, 5.74) is 8.36. The van der Waals surface area contributed by atoms with Gasteiger partial charge in [0.2, 0.25) is 0 Å². The molecule has 1 aliphatic rings. The molecule has 1 atom stereocenters. The molecule has 1 unspecified atom stereocenters. The van der Waals surface area contributed by atoms with E-state index in [2.05, 4.69) is 51.4 Å². The fourth-order valence-electron chi connectivity index (χ4n) is 3.43. The Labute approximate surface area is 144 Å². The van der Waals surface area contributed by atoms with Gasteiger partial charge >= 0.3 is 0 Å². The molecule has 0 aliphatic carbocycles. The predicted octanol–water partition coefficient (Wildman–Crippen LogP) is 3.48. The van der Waals surface area contributed by atoms with Crippen molar-refractivity contribution in [3.05, 3.63) is 42.2 Å². The first kappa shape index (κ1) is 16.6. The smallest absolute Gasteiger partial charge is 0.157 e. The zero-order chi connectivity index (χ0) is 16.8. The number of nitrogen functional groups attached to an aromatic ring is 1. The van der Waals surface area contributed by atoms with E-state index in [0.29, 0.717) is 11.7 Å². The molecule has 24 heavy (non-hydrogen) atoms. The first-order valence-corrected chi connectivity index (χ1v) is 8.94. The third kappa shape index (κ3) is 3.78. The number of piperidine rings is 1. The van der Waals surface area contributed by atoms with Gasteiger partial charge < -0.3 is 16.0 Å². The van der Waals surface area contributed by atoms with Crippen molar-refractivity contribution in [3.8, 4) is 0 Å². The van der Waals surface area contributed by atoms with Crippen LogP contribution in [0.2, 0.25) is 0 Å². The van der Waals surface area contributed by atoms with Crippen molar-refractivity contribution in [1.29, 1.82) is 0 Å². The molecule has 5 nitrogen and oxygen atoms in total. The van der Waals surface area contributed by atoms with Crippen molar-refractivity contribution in [2.75, 3.05) is 29.0 Å². The van der Waals surface area contributed by atoms with Gasteiger partial charge in [-0.2, -0.15) is 0 Å². The third-order valence-corrected chi connectivity index (χ3v) is 4.78. The Balaban J connectivity index is 1.68. The second kappa shape index (κ2) is 7.99. The first-order chi connectivity index (χ1) is 11.8. The zero-order valence-electron chi connectivity index (χ0n) is 14.4. The summed E-state index contributed by atoms with van der Waals surface area (Å²) in [4.78, 5) is 11.2. The quantitative estimate of drug-likeness (QED) is 0.851. The average Bonchev–Trinajstić information content (AvgIpc) is 2.64. The minimum atomic E-state index is 0.535. The number of anilines is 3. The predicted molar refractivity (Wildman–Crippen MR) is 100 cm³/mol. The second-order valence-corrected chi connectivity index (χ2v) is 6.37. The Morgan fingerprint density at radius 1 is 1.21 bits per heavy atom. The van der Waals surface area contributed by atoms with Gasteiger partial charge in [-0.05, 0) is 37.7 Å². The number of hydrogen-bond donors (Lipinski definition) is 2. The highest BCUT2D eigenvalue weighted by Gasteiger charge is 2.24. The van der Waals surface area contributed by atoms with Crippen molar-refractivity contribution in [1.82, 2.24) is 9.97 Å². The lowest BCUT2D eigenvalue weighted by Gasteiger charge is -2.36. The number of rotatable bonds is 6. The molecule has 2 aromatic rings. The maximum Gasteiger partial charge on any atom is 0.157 e. The van der Waals surface area contributed by atoms with Gasteiger partial charge in [-0.3, -0.25) is 0 Å². The van der Waals surface area contributed by atoms with E-state index in [0.717, 1.165) is 37.6 Å². The van der Waals surface area contributed by atoms with E-state index < -0.39 is 0 Å². The van der Waals surface area contributed by atoms with Gasteiger partial charge in [0.1, 0.15) is 12.0 Å². The van der Waals surface area contributed by atoms with Crippen LogP contribution in [0.1, 0.15) is 38.2 Å². The molecule has 1 aromatic carbocycles. The number of nitrogens with zero attached hydrogens (tertiary/aromatic N) is 3. The number of benzene rings is 1. The van der Waals surface area contributed by atoms with Crippen molar-refractivity contribution in [2.45, 2.75) is 45.1 Å². The molecule has 0 radical (unpaired) electrons. The SMILES string of the molecule is CCC1CCCCN1c1ncnc(NCCc2ccccc2)c1N. The lowest BCUT2D eigenvalue weighted by Crippen LogP contribution is -2.40. The molecule has 0 saturated carbocycles. The van der Waals surface area contributed by atoms with Gasteiger partial charge in [0, 0.05) is 19.1 Å². The Morgan fingerprint density at radius 2 is 2.04 bits per heavy atom. The Morgan fingerprint density at radius 3 is 2.83 bits per heavy atom. The summed E-state index contributed by atoms with van der Waals surface area (Å²) in [6.07, 6.45) is 7.41. The minimum Gasteiger partial charge on any atom is -0.393 e. The highest BCUT2D eigenvalue weighted by atomic mass is 15.2. The summed E-state index contributed by atoms with van der Waals surface area (Å²) in [6, 6.07) is 11.0. The number of hydrogen-bond acceptors (Lipinski definition) is 5. The summed E-state index contributed by atoms with van der Waals surface area (Å²) in [5.74, 6) is 1.63. The molecule has 128 valence electrons. The van der Waals surface area contributed by atoms with Gasteiger partial charge in [0.05, 0.1) is 0 Å². The standard InChI is InChI=1S/C19H27N5/c1-2-16-10-6-7-13-24(16)19-17(20)18(22-14-23-19)21-12-11-15-8-4-3-5-9-15/h3-5,8-9,14,16H,2,6-7,10-13,20H2,1H3,(H,21,22,23). The molecule has 0 bridgehead atoms. The summed E-state index contributed by atoms with van der Waals surface area (Å²) < 4.78 is 0. The van der Waals surface area contributed by atoms with Crippen LogP contribution in [0.15, 0.2) is 36.7 Å². The van der Waals surface area contributed by atoms with Gasteiger partial charge in [-0.25, -0.2) is 9.97 Å². The maximum absolute atomic E-state index is 6.38. The fraction of sp³-hybridized carbons (Fsp3) is 0.474. The molecule has 1 aliphatic heterocycles. The second-order valence-electron chi connectivity index (χ2n) is 6.37. The van der Waals surface area contributed by atoms with Crippen molar-refractivity contribution < 1.29 is 0 Å². The fourth-order valence-corrected chi connectivity index (χ4v) is 3.43. The van der Waals surface area contributed by atoms with E-state index in [4.69, 9.17) is 5.73 Å². The van der Waals surface area contributed by atoms with Crippen molar-refractivity contribution in [2.24, 2.45) is 0 Å². The average molecular weight is 325 g/mol. The minimum absolute atomic E-state index is 0.535. The van der Waals surface area contributed by atoms with E-state index in [1.165, 1.54) is 24.8 Å². The van der Waals surface area contributed by atoms with Crippen LogP contribution < -0.4 is 16.0 Å². The molecule has 0 spiro atoms. The summed E-state index contributed by atoms with van der Waals surface area (Å²) >= 11 is 0. The Bertz CT molecular complexity index is 643. The number of nitrogens with one attached hydrogen (secondary N) is 1. The topological polar surface area (TPSA) is 67.1 Å². The molecule has 0 amide bonds. The molecule has 3 N–H and O–H groups in total. The normalized spacial score (nSPS) is 17.7. The molecule has 1 fully saturated rings. The Kier molecular flexibility index (Phi) is 5.51. The van der Waals surface area contributed by atoms with E-state index in [1.807, 2.05) is 6.07 Å². The van der Waals surface area contributed by atoms with E-state index in [-0.39, 0.29) is 0 Å². The number of nitrogens with two attached hydrogens (primary N) is 1. The van der Waals surface area contributed by atoms with Gasteiger partial charge in [0.15, 0.2) is 11.6 Å². The summed E-state index contributed by atoms with van der Waals surface area (Å²) in [7, 11) is 0. The van der Waals surface area contributed by atoms with Gasteiger partial charge in [-0.1, -0.05) is 37.3 Å². The first-order valence-electron chi connectivity index (χ1n) is 8.94. The largest absolute Gasteiger partial charge is 0.393 e. The summed E-state index contributed by atoms with van der Waals surface area (Å²) in [5, 5.41) is 3.37. The monoisotopic (exact) mass is 325 g/mol. The maximum atomic E-state index is 6.38. The Hall–Kier alpha value is -2.30. The molecule has 1 saturated heterocycles. The van der Waals surface area contributed by atoms with E-state index >= 15 is 0 Å². The highest BCUT2D eigenvalue weighted by Crippen LogP contribution is 2.31. The van der Waals surface area contributed by atoms with Crippen LogP contribution in [0.25, 0.3) is 0 Å². The third-order valence-electron chi connectivity index (χ3n) is 4.78. The molecule has 5 heteroatoms. The van der Waals surface area contributed by atoms with Crippen LogP contribution in [-0.4, -0.2) is 29.1 Å². The zero-order valence-corrected chi connectivity index (χ0v) is 14.4. The van der Waals surface area contributed by atoms with Gasteiger partial charge in [-0.15, -0.1) is 0 Å². The van der Waals surface area contributed by atoms with E-state index in [1.54, 1.807) is 6.33 Å². The lowest BCUT2D eigenvalue weighted by molar-refractivity contribution is 0.447. The molecular formula is C19H27N5. The van der Waals surface area contributed by atoms with E-state index in [9.17, 15) is 0 Å². The lowest BCUT2D eigenvalue weighted by atomic mass is 10.00. The molecule has 1 aromatic heterocycles. The van der Waals surface area contributed by atoms with Crippen molar-refractivity contribution >= 4 is 17.3 Å². The molecular weight excluding hydrogens is 298 g/mol. The van der Waals surface area contributed by atoms with Crippen LogP contribution in [-0.2, 0) is 6.42 Å². The van der Waals surface area contributed by atoms with Crippen LogP contribution in [0.3, 0.4) is 0 Å². The highest BCUT2D eigenvalue weighted by molar-refractivity contribution is 5.75. The number of aromatic nitrogens is 2.